The van der Waals surface area contributed by atoms with Crippen LogP contribution in [0.25, 0.3) is 0 Å². The summed E-state index contributed by atoms with van der Waals surface area (Å²) in [6, 6.07) is 0. The van der Waals surface area contributed by atoms with E-state index in [1.165, 1.54) is 25.7 Å². The van der Waals surface area contributed by atoms with Crippen molar-refractivity contribution < 1.29 is 28.6 Å². The molecule has 0 aromatic rings. The van der Waals surface area contributed by atoms with E-state index in [-0.39, 0.29) is 31.1 Å². The second-order valence-corrected chi connectivity index (χ2v) is 21.2. The first-order chi connectivity index (χ1) is 41.0. The Hall–Kier alpha value is -5.49. The van der Waals surface area contributed by atoms with Crippen molar-refractivity contribution >= 4 is 17.9 Å². The maximum Gasteiger partial charge on any atom is 0.306 e. The molecule has 464 valence electrons. The predicted octanol–water partition coefficient (Wildman–Crippen LogP) is 23.2. The number of allylic oxidation sites excluding steroid dienone is 30. The van der Waals surface area contributed by atoms with E-state index in [9.17, 15) is 14.4 Å². The van der Waals surface area contributed by atoms with Crippen molar-refractivity contribution in [1.82, 2.24) is 0 Å². The molecule has 0 spiro atoms. The zero-order chi connectivity index (χ0) is 59.9. The predicted molar refractivity (Wildman–Crippen MR) is 361 cm³/mol. The van der Waals surface area contributed by atoms with Gasteiger partial charge in [0, 0.05) is 19.3 Å². The number of hydrogen-bond donors (Lipinski definition) is 0. The molecule has 6 nitrogen and oxygen atoms in total. The molecular weight excluding hydrogens is 1020 g/mol. The van der Waals surface area contributed by atoms with E-state index in [2.05, 4.69) is 203 Å². The highest BCUT2D eigenvalue weighted by Crippen LogP contribution is 2.14. The molecule has 0 aliphatic carbocycles. The van der Waals surface area contributed by atoms with Crippen molar-refractivity contribution in [1.29, 1.82) is 0 Å². The zero-order valence-electron chi connectivity index (χ0n) is 53.1. The van der Waals surface area contributed by atoms with Gasteiger partial charge in [0.25, 0.3) is 0 Å². The lowest BCUT2D eigenvalue weighted by Crippen LogP contribution is -2.30. The van der Waals surface area contributed by atoms with Crippen molar-refractivity contribution in [3.8, 4) is 0 Å². The van der Waals surface area contributed by atoms with Crippen LogP contribution in [0, 0.1) is 0 Å². The van der Waals surface area contributed by atoms with Crippen LogP contribution in [-0.4, -0.2) is 37.2 Å². The van der Waals surface area contributed by atoms with Gasteiger partial charge in [-0.05, 0) is 154 Å². The quantitative estimate of drug-likeness (QED) is 0.0261. The maximum absolute atomic E-state index is 13.0. The molecule has 0 amide bonds. The molecule has 6 heteroatoms. The molecule has 1 atom stereocenters. The van der Waals surface area contributed by atoms with Crippen LogP contribution in [0.3, 0.4) is 0 Å². The third-order valence-corrected chi connectivity index (χ3v) is 13.4. The van der Waals surface area contributed by atoms with E-state index in [1.54, 1.807) is 0 Å². The maximum atomic E-state index is 13.0. The van der Waals surface area contributed by atoms with Crippen LogP contribution < -0.4 is 0 Å². The molecule has 0 bridgehead atoms. The first-order valence-corrected chi connectivity index (χ1v) is 33.3. The molecular formula is C77H120O6. The van der Waals surface area contributed by atoms with Gasteiger partial charge in [0.1, 0.15) is 13.2 Å². The summed E-state index contributed by atoms with van der Waals surface area (Å²) in [6.45, 7) is 6.26. The average molecular weight is 1140 g/mol. The number of hydrogen-bond acceptors (Lipinski definition) is 6. The SMILES string of the molecule is CC/C=C\C/C=C\C/C=C\C/C=C\C/C=C\C/C=C\CCCCCCCCC(=O)OCC(COC(=O)CCCCCCC/C=C\C/C=C\C/C=C\CC)OC(=O)CCCCCCCC/C=C\C/C=C\C/C=C\C/C=C\C/C=C\C/C=C\CC. The molecule has 0 aliphatic rings. The zero-order valence-corrected chi connectivity index (χ0v) is 53.1. The van der Waals surface area contributed by atoms with Gasteiger partial charge in [0.2, 0.25) is 0 Å². The smallest absolute Gasteiger partial charge is 0.306 e. The Morgan fingerprint density at radius 2 is 0.434 bits per heavy atom. The van der Waals surface area contributed by atoms with Gasteiger partial charge in [0.15, 0.2) is 6.10 Å². The van der Waals surface area contributed by atoms with Crippen molar-refractivity contribution in [2.75, 3.05) is 13.2 Å². The first-order valence-electron chi connectivity index (χ1n) is 33.3. The van der Waals surface area contributed by atoms with Crippen LogP contribution in [0.15, 0.2) is 182 Å². The summed E-state index contributed by atoms with van der Waals surface area (Å²) in [6.07, 6.45) is 103. The monoisotopic (exact) mass is 1140 g/mol. The Kier molecular flexibility index (Phi) is 64.4. The lowest BCUT2D eigenvalue weighted by Gasteiger charge is -2.18. The van der Waals surface area contributed by atoms with Gasteiger partial charge in [0.05, 0.1) is 0 Å². The fourth-order valence-electron chi connectivity index (χ4n) is 8.52. The number of ether oxygens (including phenoxy) is 3. The van der Waals surface area contributed by atoms with Gasteiger partial charge >= 0.3 is 17.9 Å². The average Bonchev–Trinajstić information content (AvgIpc) is 3.49. The van der Waals surface area contributed by atoms with Crippen LogP contribution in [0.4, 0.5) is 0 Å². The van der Waals surface area contributed by atoms with Gasteiger partial charge < -0.3 is 14.2 Å². The van der Waals surface area contributed by atoms with E-state index >= 15 is 0 Å². The summed E-state index contributed by atoms with van der Waals surface area (Å²) in [4.78, 5) is 38.4. The molecule has 0 aromatic carbocycles. The summed E-state index contributed by atoms with van der Waals surface area (Å²) in [5.74, 6) is -0.956. The van der Waals surface area contributed by atoms with Crippen molar-refractivity contribution in [2.24, 2.45) is 0 Å². The van der Waals surface area contributed by atoms with Crippen molar-refractivity contribution in [2.45, 2.75) is 271 Å². The number of carbonyl (C=O) groups excluding carboxylic acids is 3. The molecule has 0 rings (SSSR count). The van der Waals surface area contributed by atoms with Crippen molar-refractivity contribution in [3.05, 3.63) is 182 Å². The fraction of sp³-hybridized carbons (Fsp3) is 0.571. The summed E-state index contributed by atoms with van der Waals surface area (Å²) in [7, 11) is 0. The second-order valence-electron chi connectivity index (χ2n) is 21.2. The van der Waals surface area contributed by atoms with Crippen LogP contribution in [0.2, 0.25) is 0 Å². The Labute approximate surface area is 510 Å². The van der Waals surface area contributed by atoms with Gasteiger partial charge in [-0.25, -0.2) is 0 Å². The third kappa shape index (κ3) is 67.2. The van der Waals surface area contributed by atoms with E-state index in [0.29, 0.717) is 19.3 Å². The minimum Gasteiger partial charge on any atom is -0.462 e. The Bertz CT molecular complexity index is 1940. The standard InChI is InChI=1S/C77H120O6/c1-4-7-10-13-16-19-22-25-28-30-32-34-36-38-40-42-44-46-49-52-55-58-61-64-67-70-76(79)82-73-74(72-81-75(78)69-66-63-60-57-54-51-48-27-24-21-18-15-12-9-6-3)83-77(80)71-68-65-62-59-56-53-50-47-45-43-41-39-37-35-33-31-29-26-23-20-17-14-11-8-5-2/h7-12,16-21,25-29,32-35,38-41,44-48,74H,4-6,13-15,22-24,30-31,36-37,42-43,49-73H2,1-3H3/b10-7-,11-8-,12-9-,19-16-,20-17-,21-18-,28-25-,29-26-,34-32-,35-33-,40-38-,41-39-,46-44-,47-45-,48-27-. The summed E-state index contributed by atoms with van der Waals surface area (Å²) in [5, 5.41) is 0. The minimum absolute atomic E-state index is 0.107. The summed E-state index contributed by atoms with van der Waals surface area (Å²) < 4.78 is 16.9. The Morgan fingerprint density at radius 3 is 0.675 bits per heavy atom. The summed E-state index contributed by atoms with van der Waals surface area (Å²) >= 11 is 0. The highest BCUT2D eigenvalue weighted by Gasteiger charge is 2.19. The van der Waals surface area contributed by atoms with E-state index in [4.69, 9.17) is 14.2 Å². The van der Waals surface area contributed by atoms with E-state index < -0.39 is 6.10 Å². The summed E-state index contributed by atoms with van der Waals surface area (Å²) in [5.41, 5.74) is 0. The first kappa shape index (κ1) is 77.5. The Morgan fingerprint density at radius 1 is 0.241 bits per heavy atom. The topological polar surface area (TPSA) is 78.9 Å². The normalized spacial score (nSPS) is 13.3. The largest absolute Gasteiger partial charge is 0.462 e. The molecule has 0 saturated heterocycles. The van der Waals surface area contributed by atoms with Gasteiger partial charge in [-0.15, -0.1) is 0 Å². The van der Waals surface area contributed by atoms with E-state index in [1.807, 2.05) is 0 Å². The molecule has 1 unspecified atom stereocenters. The number of unbranched alkanes of at least 4 members (excludes halogenated alkanes) is 17. The molecule has 0 radical (unpaired) electrons. The van der Waals surface area contributed by atoms with Crippen LogP contribution in [0.1, 0.15) is 265 Å². The molecule has 0 aliphatic heterocycles. The molecule has 0 N–H and O–H groups in total. The third-order valence-electron chi connectivity index (χ3n) is 13.4. The molecule has 0 aromatic heterocycles. The molecule has 0 heterocycles. The molecule has 83 heavy (non-hydrogen) atoms. The number of carbonyl (C=O) groups is 3. The lowest BCUT2D eigenvalue weighted by molar-refractivity contribution is -0.167. The highest BCUT2D eigenvalue weighted by molar-refractivity contribution is 5.71. The fourth-order valence-corrected chi connectivity index (χ4v) is 8.52. The van der Waals surface area contributed by atoms with Crippen LogP contribution in [-0.2, 0) is 28.6 Å². The van der Waals surface area contributed by atoms with Crippen LogP contribution in [0.5, 0.6) is 0 Å². The lowest BCUT2D eigenvalue weighted by atomic mass is 10.1. The number of rotatable bonds is 58. The number of esters is 3. The highest BCUT2D eigenvalue weighted by atomic mass is 16.6. The van der Waals surface area contributed by atoms with Gasteiger partial charge in [-0.2, -0.15) is 0 Å². The van der Waals surface area contributed by atoms with E-state index in [0.717, 1.165) is 199 Å². The van der Waals surface area contributed by atoms with Crippen molar-refractivity contribution in [3.63, 3.8) is 0 Å². The van der Waals surface area contributed by atoms with Gasteiger partial charge in [-0.3, -0.25) is 14.4 Å². The second kappa shape index (κ2) is 69.0. The molecule has 0 fully saturated rings. The minimum atomic E-state index is -0.813. The molecule has 0 saturated carbocycles. The Balaban J connectivity index is 4.49. The van der Waals surface area contributed by atoms with Crippen LogP contribution >= 0.6 is 0 Å². The van der Waals surface area contributed by atoms with Gasteiger partial charge in [-0.1, -0.05) is 274 Å².